The van der Waals surface area contributed by atoms with Gasteiger partial charge in [-0.3, -0.25) is 4.79 Å². The molecule has 5 fully saturated rings. The van der Waals surface area contributed by atoms with Gasteiger partial charge in [0.05, 0.1) is 5.92 Å². The minimum Gasteiger partial charge on any atom is -0.432 e. The maximum absolute atomic E-state index is 12.1. The molecule has 112 valence electrons. The van der Waals surface area contributed by atoms with Gasteiger partial charge >= 0.3 is 5.97 Å². The molecule has 0 amide bonds. The maximum atomic E-state index is 12.1. The summed E-state index contributed by atoms with van der Waals surface area (Å²) in [5.41, 5.74) is -0.610. The van der Waals surface area contributed by atoms with Crippen molar-refractivity contribution in [2.24, 2.45) is 23.7 Å². The van der Waals surface area contributed by atoms with Crippen molar-refractivity contribution >= 4 is 5.97 Å². The highest BCUT2D eigenvalue weighted by Gasteiger charge is 2.69. The largest absolute Gasteiger partial charge is 0.432 e. The summed E-state index contributed by atoms with van der Waals surface area (Å²) in [5, 5.41) is 0. The Morgan fingerprint density at radius 1 is 1.10 bits per heavy atom. The third kappa shape index (κ3) is 1.46. The molecule has 2 bridgehead atoms. The molecular formula is C15H22O5. The van der Waals surface area contributed by atoms with E-state index in [1.807, 2.05) is 13.8 Å². The third-order valence-electron chi connectivity index (χ3n) is 5.97. The quantitative estimate of drug-likeness (QED) is 0.504. The summed E-state index contributed by atoms with van der Waals surface area (Å²) in [6.45, 7) is 6.06. The molecule has 4 heterocycles. The van der Waals surface area contributed by atoms with E-state index in [1.54, 1.807) is 0 Å². The number of hydrogen-bond donors (Lipinski definition) is 0. The van der Waals surface area contributed by atoms with Crippen LogP contribution < -0.4 is 0 Å². The van der Waals surface area contributed by atoms with Crippen LogP contribution in [-0.4, -0.2) is 23.6 Å². The Balaban J connectivity index is 1.84. The van der Waals surface area contributed by atoms with Crippen molar-refractivity contribution in [3.8, 4) is 0 Å². The summed E-state index contributed by atoms with van der Waals surface area (Å²) < 4.78 is 11.6. The van der Waals surface area contributed by atoms with Gasteiger partial charge in [-0.05, 0) is 32.1 Å². The molecule has 1 aliphatic carbocycles. The highest BCUT2D eigenvalue weighted by Crippen LogP contribution is 2.59. The summed E-state index contributed by atoms with van der Waals surface area (Å²) in [7, 11) is 0. The summed E-state index contributed by atoms with van der Waals surface area (Å²) in [6.07, 6.45) is 3.24. The lowest BCUT2D eigenvalue weighted by molar-refractivity contribution is -0.559. The summed E-state index contributed by atoms with van der Waals surface area (Å²) >= 11 is 0. The topological polar surface area (TPSA) is 54.0 Å². The van der Waals surface area contributed by atoms with Crippen molar-refractivity contribution in [1.29, 1.82) is 0 Å². The van der Waals surface area contributed by atoms with Crippen LogP contribution in [0.1, 0.15) is 46.5 Å². The molecule has 5 nitrogen and oxygen atoms in total. The first kappa shape index (κ1) is 13.0. The first-order chi connectivity index (χ1) is 9.46. The lowest BCUT2D eigenvalue weighted by atomic mass is 9.58. The van der Waals surface area contributed by atoms with E-state index >= 15 is 0 Å². The molecule has 0 unspecified atom stereocenters. The van der Waals surface area contributed by atoms with E-state index in [9.17, 15) is 4.79 Å². The van der Waals surface area contributed by atoms with Gasteiger partial charge in [-0.25, -0.2) is 9.78 Å². The SMILES string of the molecule is C[C@@H]1CC[C@H]2[C@@H](C)C(=O)O[C@@H]3O[C@]4(C)CC[C@@H]1[C@@]32OO4. The molecule has 4 aliphatic heterocycles. The van der Waals surface area contributed by atoms with Gasteiger partial charge in [0, 0.05) is 18.3 Å². The van der Waals surface area contributed by atoms with Crippen molar-refractivity contribution in [2.45, 2.75) is 64.1 Å². The highest BCUT2D eigenvalue weighted by atomic mass is 17.3. The van der Waals surface area contributed by atoms with Crippen molar-refractivity contribution in [2.75, 3.05) is 0 Å². The Hall–Kier alpha value is -0.650. The zero-order valence-corrected chi connectivity index (χ0v) is 12.3. The predicted octanol–water partition coefficient (Wildman–Crippen LogP) is 2.39. The van der Waals surface area contributed by atoms with Crippen LogP contribution in [0.4, 0.5) is 0 Å². The second-order valence-corrected chi connectivity index (χ2v) is 7.14. The molecule has 7 atom stereocenters. The highest BCUT2D eigenvalue weighted by molar-refractivity contribution is 5.74. The van der Waals surface area contributed by atoms with Gasteiger partial charge in [0.2, 0.25) is 12.1 Å². The average Bonchev–Trinajstić information content (AvgIpc) is 2.63. The fraction of sp³-hybridized carbons (Fsp3) is 0.933. The molecule has 5 aliphatic rings. The van der Waals surface area contributed by atoms with Gasteiger partial charge in [-0.15, -0.1) is 0 Å². The summed E-state index contributed by atoms with van der Waals surface area (Å²) in [6, 6.07) is 0. The number of fused-ring (bicyclic) bond motifs is 2. The van der Waals surface area contributed by atoms with Crippen LogP contribution in [-0.2, 0) is 24.0 Å². The van der Waals surface area contributed by atoms with Crippen LogP contribution in [0, 0.1) is 23.7 Å². The van der Waals surface area contributed by atoms with Crippen LogP contribution in [0.15, 0.2) is 0 Å². The second-order valence-electron chi connectivity index (χ2n) is 7.14. The van der Waals surface area contributed by atoms with Crippen LogP contribution in [0.2, 0.25) is 0 Å². The number of esters is 1. The molecule has 20 heavy (non-hydrogen) atoms. The lowest BCUT2D eigenvalue weighted by Gasteiger charge is -2.57. The van der Waals surface area contributed by atoms with E-state index in [4.69, 9.17) is 19.2 Å². The van der Waals surface area contributed by atoms with Crippen molar-refractivity contribution in [1.82, 2.24) is 0 Å². The Bertz CT molecular complexity index is 452. The molecule has 1 spiro atoms. The molecule has 0 radical (unpaired) electrons. The number of hydrogen-bond acceptors (Lipinski definition) is 5. The minimum absolute atomic E-state index is 0.123. The van der Waals surface area contributed by atoms with Crippen molar-refractivity contribution in [3.63, 3.8) is 0 Å². The van der Waals surface area contributed by atoms with Crippen LogP contribution >= 0.6 is 0 Å². The number of ether oxygens (including phenoxy) is 2. The molecule has 5 rings (SSSR count). The minimum atomic E-state index is -0.793. The van der Waals surface area contributed by atoms with Gasteiger partial charge in [0.1, 0.15) is 0 Å². The van der Waals surface area contributed by atoms with E-state index in [0.717, 1.165) is 25.7 Å². The van der Waals surface area contributed by atoms with Gasteiger partial charge in [0.15, 0.2) is 5.60 Å². The zero-order valence-electron chi connectivity index (χ0n) is 12.3. The first-order valence-electron chi connectivity index (χ1n) is 7.71. The fourth-order valence-electron chi connectivity index (χ4n) is 4.76. The first-order valence-corrected chi connectivity index (χ1v) is 7.71. The molecule has 5 heteroatoms. The Labute approximate surface area is 118 Å². The van der Waals surface area contributed by atoms with Gasteiger partial charge in [-0.2, -0.15) is 0 Å². The average molecular weight is 282 g/mol. The lowest BCUT2D eigenvalue weighted by Crippen LogP contribution is -2.69. The van der Waals surface area contributed by atoms with E-state index in [2.05, 4.69) is 6.92 Å². The smallest absolute Gasteiger partial charge is 0.311 e. The number of carbonyl (C=O) groups excluding carboxylic acids is 1. The third-order valence-corrected chi connectivity index (χ3v) is 5.97. The fourth-order valence-corrected chi connectivity index (χ4v) is 4.76. The van der Waals surface area contributed by atoms with E-state index in [1.165, 1.54) is 0 Å². The van der Waals surface area contributed by atoms with Crippen LogP contribution in [0.3, 0.4) is 0 Å². The standard InChI is InChI=1S/C15H22O5/c1-8-4-5-11-9(2)12(16)17-13-15(11)10(8)6-7-14(3,18-13)19-20-15/h8-11,13H,4-7H2,1-3H3/t8-,9-,10+,11+,13-,14+,15+/m1/s1. The monoisotopic (exact) mass is 282 g/mol. The molecule has 0 aromatic rings. The molecule has 0 N–H and O–H groups in total. The van der Waals surface area contributed by atoms with Crippen molar-refractivity contribution < 1.29 is 24.0 Å². The van der Waals surface area contributed by atoms with Gasteiger partial charge in [-0.1, -0.05) is 13.8 Å². The molecule has 0 aromatic heterocycles. The number of rotatable bonds is 0. The second kappa shape index (κ2) is 3.96. The molecular weight excluding hydrogens is 260 g/mol. The van der Waals surface area contributed by atoms with E-state index in [0.29, 0.717) is 11.8 Å². The van der Waals surface area contributed by atoms with Gasteiger partial charge in [0.25, 0.3) is 0 Å². The normalized spacial score (nSPS) is 57.8. The predicted molar refractivity (Wildman–Crippen MR) is 68.0 cm³/mol. The molecule has 0 aromatic carbocycles. The van der Waals surface area contributed by atoms with Crippen LogP contribution in [0.25, 0.3) is 0 Å². The van der Waals surface area contributed by atoms with Crippen molar-refractivity contribution in [3.05, 3.63) is 0 Å². The summed E-state index contributed by atoms with van der Waals surface area (Å²) in [4.78, 5) is 23.7. The zero-order chi connectivity index (χ0) is 14.1. The van der Waals surface area contributed by atoms with E-state index < -0.39 is 17.7 Å². The molecule has 4 saturated heterocycles. The molecule has 1 saturated carbocycles. The summed E-state index contributed by atoms with van der Waals surface area (Å²) in [5.74, 6) is -0.137. The number of carbonyl (C=O) groups is 1. The van der Waals surface area contributed by atoms with Crippen LogP contribution in [0.5, 0.6) is 0 Å². The Morgan fingerprint density at radius 2 is 1.90 bits per heavy atom. The Kier molecular flexibility index (Phi) is 2.58. The Morgan fingerprint density at radius 3 is 2.70 bits per heavy atom. The maximum Gasteiger partial charge on any atom is 0.311 e. The van der Waals surface area contributed by atoms with E-state index in [-0.39, 0.29) is 17.8 Å². The van der Waals surface area contributed by atoms with Gasteiger partial charge < -0.3 is 9.47 Å².